The van der Waals surface area contributed by atoms with Crippen molar-refractivity contribution in [1.29, 1.82) is 0 Å². The van der Waals surface area contributed by atoms with Crippen molar-refractivity contribution in [1.82, 2.24) is 14.5 Å². The number of benzene rings is 1. The SMILES string of the molecule is Cn1ccnc1SCC(=O)N(Cc1ccc(F)cc1)C12CC3CC(CC(C3)C1)C2. The van der Waals surface area contributed by atoms with Gasteiger partial charge in [0.05, 0.1) is 5.75 Å². The van der Waals surface area contributed by atoms with Crippen LogP contribution in [0, 0.1) is 23.6 Å². The molecule has 4 aliphatic rings. The highest BCUT2D eigenvalue weighted by atomic mass is 32.2. The number of amides is 1. The average molecular weight is 414 g/mol. The zero-order valence-electron chi connectivity index (χ0n) is 16.9. The molecule has 0 N–H and O–H groups in total. The van der Waals surface area contributed by atoms with Gasteiger partial charge >= 0.3 is 0 Å². The van der Waals surface area contributed by atoms with Gasteiger partial charge in [0.25, 0.3) is 0 Å². The Kier molecular flexibility index (Phi) is 4.93. The Hall–Kier alpha value is -1.82. The summed E-state index contributed by atoms with van der Waals surface area (Å²) in [5, 5.41) is 0.866. The van der Waals surface area contributed by atoms with E-state index in [9.17, 15) is 9.18 Å². The fourth-order valence-corrected chi connectivity index (χ4v) is 7.19. The number of rotatable bonds is 6. The highest BCUT2D eigenvalue weighted by Gasteiger charge is 2.54. The molecule has 0 aliphatic heterocycles. The first-order valence-corrected chi connectivity index (χ1v) is 11.6. The van der Waals surface area contributed by atoms with Crippen molar-refractivity contribution in [3.05, 3.63) is 48.0 Å². The molecule has 6 heteroatoms. The molecular weight excluding hydrogens is 385 g/mol. The minimum absolute atomic E-state index is 0.0115. The number of halogens is 1. The number of aromatic nitrogens is 2. The summed E-state index contributed by atoms with van der Waals surface area (Å²) in [7, 11) is 1.95. The van der Waals surface area contributed by atoms with E-state index in [0.717, 1.165) is 47.7 Å². The van der Waals surface area contributed by atoms with Gasteiger partial charge in [0, 0.05) is 31.5 Å². The van der Waals surface area contributed by atoms with Crippen molar-refractivity contribution in [2.45, 2.75) is 55.8 Å². The molecule has 0 unspecified atom stereocenters. The Morgan fingerprint density at radius 2 is 1.79 bits per heavy atom. The first-order valence-electron chi connectivity index (χ1n) is 10.7. The Morgan fingerprint density at radius 3 is 2.34 bits per heavy atom. The van der Waals surface area contributed by atoms with Crippen molar-refractivity contribution < 1.29 is 9.18 Å². The summed E-state index contributed by atoms with van der Waals surface area (Å²) in [4.78, 5) is 20.0. The predicted octanol–water partition coefficient (Wildman–Crippen LogP) is 4.65. The summed E-state index contributed by atoms with van der Waals surface area (Å²) >= 11 is 1.51. The van der Waals surface area contributed by atoms with Crippen LogP contribution in [-0.2, 0) is 18.4 Å². The molecule has 4 aliphatic carbocycles. The average Bonchev–Trinajstić information content (AvgIpc) is 3.09. The molecule has 1 heterocycles. The number of carbonyl (C=O) groups is 1. The molecular formula is C23H28FN3OS. The van der Waals surface area contributed by atoms with Gasteiger partial charge < -0.3 is 9.47 Å². The van der Waals surface area contributed by atoms with E-state index >= 15 is 0 Å². The van der Waals surface area contributed by atoms with Crippen LogP contribution < -0.4 is 0 Å². The predicted molar refractivity (Wildman–Crippen MR) is 112 cm³/mol. The molecule has 29 heavy (non-hydrogen) atoms. The molecule has 4 nitrogen and oxygen atoms in total. The first kappa shape index (κ1) is 19.2. The van der Waals surface area contributed by atoms with Crippen LogP contribution in [0.15, 0.2) is 41.8 Å². The molecule has 4 saturated carbocycles. The second kappa shape index (κ2) is 7.46. The van der Waals surface area contributed by atoms with Crippen molar-refractivity contribution in [2.24, 2.45) is 24.8 Å². The first-order chi connectivity index (χ1) is 14.0. The molecule has 154 valence electrons. The smallest absolute Gasteiger partial charge is 0.233 e. The summed E-state index contributed by atoms with van der Waals surface area (Å²) in [6.07, 6.45) is 11.1. The minimum Gasteiger partial charge on any atom is -0.332 e. The van der Waals surface area contributed by atoms with E-state index in [4.69, 9.17) is 0 Å². The molecule has 0 saturated heterocycles. The van der Waals surface area contributed by atoms with Crippen LogP contribution in [0.5, 0.6) is 0 Å². The summed E-state index contributed by atoms with van der Waals surface area (Å²) in [5.74, 6) is 2.66. The van der Waals surface area contributed by atoms with Crippen LogP contribution in [0.4, 0.5) is 4.39 Å². The van der Waals surface area contributed by atoms with E-state index in [0.29, 0.717) is 12.3 Å². The molecule has 1 amide bonds. The van der Waals surface area contributed by atoms with Gasteiger partial charge in [-0.25, -0.2) is 9.37 Å². The van der Waals surface area contributed by atoms with Gasteiger partial charge in [-0.3, -0.25) is 4.79 Å². The van der Waals surface area contributed by atoms with Crippen LogP contribution in [0.3, 0.4) is 0 Å². The quantitative estimate of drug-likeness (QED) is 0.647. The lowest BCUT2D eigenvalue weighted by atomic mass is 9.52. The van der Waals surface area contributed by atoms with Gasteiger partial charge in [0.1, 0.15) is 5.82 Å². The van der Waals surface area contributed by atoms with Crippen LogP contribution in [-0.4, -0.2) is 31.6 Å². The number of thioether (sulfide) groups is 1. The third kappa shape index (κ3) is 3.72. The maximum Gasteiger partial charge on any atom is 0.233 e. The van der Waals surface area contributed by atoms with Crippen molar-refractivity contribution >= 4 is 17.7 Å². The van der Waals surface area contributed by atoms with Gasteiger partial charge in [-0.2, -0.15) is 0 Å². The fraction of sp³-hybridized carbons (Fsp3) is 0.565. The molecule has 0 radical (unpaired) electrons. The Labute approximate surface area is 175 Å². The number of imidazole rings is 1. The van der Waals surface area contributed by atoms with Crippen molar-refractivity contribution in [2.75, 3.05) is 5.75 Å². The Morgan fingerprint density at radius 1 is 1.17 bits per heavy atom. The van der Waals surface area contributed by atoms with Crippen LogP contribution in [0.2, 0.25) is 0 Å². The molecule has 0 atom stereocenters. The van der Waals surface area contributed by atoms with E-state index in [1.807, 2.05) is 29.9 Å². The molecule has 1 aromatic heterocycles. The van der Waals surface area contributed by atoms with Gasteiger partial charge in [-0.1, -0.05) is 23.9 Å². The third-order valence-corrected chi connectivity index (χ3v) is 8.28. The summed E-state index contributed by atoms with van der Waals surface area (Å²) < 4.78 is 15.4. The van der Waals surface area contributed by atoms with E-state index < -0.39 is 0 Å². The van der Waals surface area contributed by atoms with Gasteiger partial charge in [0.2, 0.25) is 5.91 Å². The lowest BCUT2D eigenvalue weighted by molar-refractivity contribution is -0.149. The zero-order chi connectivity index (χ0) is 20.0. The van der Waals surface area contributed by atoms with Gasteiger partial charge in [0.15, 0.2) is 5.16 Å². The largest absolute Gasteiger partial charge is 0.332 e. The number of hydrogen-bond acceptors (Lipinski definition) is 3. The molecule has 0 spiro atoms. The van der Waals surface area contributed by atoms with Gasteiger partial charge in [-0.15, -0.1) is 0 Å². The summed E-state index contributed by atoms with van der Waals surface area (Å²) in [6, 6.07) is 6.64. The number of aryl methyl sites for hydroxylation is 1. The highest BCUT2D eigenvalue weighted by Crippen LogP contribution is 2.58. The van der Waals surface area contributed by atoms with Crippen molar-refractivity contribution in [3.8, 4) is 0 Å². The number of nitrogens with zero attached hydrogens (tertiary/aromatic N) is 3. The lowest BCUT2D eigenvalue weighted by Gasteiger charge is -2.60. The van der Waals surface area contributed by atoms with Crippen molar-refractivity contribution in [3.63, 3.8) is 0 Å². The maximum atomic E-state index is 13.5. The molecule has 4 fully saturated rings. The molecule has 1 aromatic carbocycles. The Bertz CT molecular complexity index is 858. The Balaban J connectivity index is 1.40. The molecule has 4 bridgehead atoms. The van der Waals surface area contributed by atoms with E-state index in [1.165, 1.54) is 43.2 Å². The van der Waals surface area contributed by atoms with E-state index in [1.54, 1.807) is 6.20 Å². The summed E-state index contributed by atoms with van der Waals surface area (Å²) in [6.45, 7) is 0.576. The summed E-state index contributed by atoms with van der Waals surface area (Å²) in [5.41, 5.74) is 1.00. The second-order valence-electron chi connectivity index (χ2n) is 9.36. The topological polar surface area (TPSA) is 38.1 Å². The highest BCUT2D eigenvalue weighted by molar-refractivity contribution is 7.99. The molecule has 2 aromatic rings. The van der Waals surface area contributed by atoms with Gasteiger partial charge in [-0.05, 0) is 74.0 Å². The van der Waals surface area contributed by atoms with E-state index in [2.05, 4.69) is 9.88 Å². The fourth-order valence-electron chi connectivity index (χ4n) is 6.38. The minimum atomic E-state index is -0.230. The lowest BCUT2D eigenvalue weighted by Crippen LogP contribution is -2.61. The standard InChI is InChI=1S/C23H28FN3OS/c1-26-7-6-25-22(26)29-15-21(28)27(14-16-2-4-20(24)5-3-16)23-11-17-8-18(12-23)10-19(9-17)13-23/h2-7,17-19H,8-15H2,1H3. The zero-order valence-corrected chi connectivity index (χ0v) is 17.7. The van der Waals surface area contributed by atoms with E-state index in [-0.39, 0.29) is 17.3 Å². The van der Waals surface area contributed by atoms with Crippen LogP contribution in [0.25, 0.3) is 0 Å². The maximum absolute atomic E-state index is 13.5. The third-order valence-electron chi connectivity index (χ3n) is 7.24. The number of carbonyl (C=O) groups excluding carboxylic acids is 1. The van der Waals surface area contributed by atoms with Crippen LogP contribution >= 0.6 is 11.8 Å². The van der Waals surface area contributed by atoms with Crippen LogP contribution in [0.1, 0.15) is 44.1 Å². The molecule has 6 rings (SSSR count). The second-order valence-corrected chi connectivity index (χ2v) is 10.3. The number of hydrogen-bond donors (Lipinski definition) is 0. The monoisotopic (exact) mass is 413 g/mol. The normalized spacial score (nSPS) is 29.9.